The number of hydrogen-bond acceptors (Lipinski definition) is 4. The molecule has 0 saturated carbocycles. The van der Waals surface area contributed by atoms with E-state index in [4.69, 9.17) is 16.3 Å². The number of esters is 1. The Bertz CT molecular complexity index is 452. The van der Waals surface area contributed by atoms with Gasteiger partial charge in [-0.1, -0.05) is 23.7 Å². The van der Waals surface area contributed by atoms with Gasteiger partial charge in [-0.05, 0) is 19.1 Å². The van der Waals surface area contributed by atoms with Gasteiger partial charge in [-0.25, -0.2) is 0 Å². The highest BCUT2D eigenvalue weighted by atomic mass is 35.5. The molecule has 0 atom stereocenters. The van der Waals surface area contributed by atoms with Crippen molar-refractivity contribution in [2.45, 2.75) is 19.8 Å². The zero-order valence-corrected chi connectivity index (χ0v) is 12.2. The number of carbonyl (C=O) groups excluding carboxylic acids is 2. The smallest absolute Gasteiger partial charge is 0.307 e. The van der Waals surface area contributed by atoms with Crippen LogP contribution in [0.2, 0.25) is 5.02 Å². The van der Waals surface area contributed by atoms with Crippen LogP contribution in [-0.2, 0) is 14.3 Å². The minimum Gasteiger partial charge on any atom is -0.466 e. The molecule has 0 bridgehead atoms. The van der Waals surface area contributed by atoms with Crippen LogP contribution in [0.25, 0.3) is 0 Å². The molecule has 0 aliphatic carbocycles. The quantitative estimate of drug-likeness (QED) is 0.570. The lowest BCUT2D eigenvalue weighted by Gasteiger charge is -2.07. The topological polar surface area (TPSA) is 67.4 Å². The third-order valence-electron chi connectivity index (χ3n) is 2.49. The summed E-state index contributed by atoms with van der Waals surface area (Å²) in [4.78, 5) is 22.7. The molecule has 1 aromatic carbocycles. The molecule has 0 spiro atoms. The summed E-state index contributed by atoms with van der Waals surface area (Å²) in [6.07, 6.45) is 0.619. The van der Waals surface area contributed by atoms with E-state index in [9.17, 15) is 9.59 Å². The van der Waals surface area contributed by atoms with Gasteiger partial charge < -0.3 is 15.4 Å². The molecule has 2 N–H and O–H groups in total. The molecule has 110 valence electrons. The molecule has 0 aliphatic rings. The fraction of sp³-hybridized carbons (Fsp3) is 0.429. The molecule has 5 nitrogen and oxygen atoms in total. The fourth-order valence-electron chi connectivity index (χ4n) is 1.53. The van der Waals surface area contributed by atoms with Crippen molar-refractivity contribution in [3.8, 4) is 0 Å². The Balaban J connectivity index is 2.15. The first kappa shape index (κ1) is 16.5. The van der Waals surface area contributed by atoms with Crippen molar-refractivity contribution in [2.75, 3.05) is 25.0 Å². The number of benzene rings is 1. The van der Waals surface area contributed by atoms with Crippen LogP contribution >= 0.6 is 11.6 Å². The maximum Gasteiger partial charge on any atom is 0.307 e. The van der Waals surface area contributed by atoms with E-state index in [1.165, 1.54) is 0 Å². The summed E-state index contributed by atoms with van der Waals surface area (Å²) in [5.74, 6) is -0.359. The van der Waals surface area contributed by atoms with Gasteiger partial charge in [0.2, 0.25) is 5.91 Å². The number of rotatable bonds is 8. The molecule has 20 heavy (non-hydrogen) atoms. The third kappa shape index (κ3) is 6.54. The zero-order valence-electron chi connectivity index (χ0n) is 11.4. The monoisotopic (exact) mass is 298 g/mol. The average molecular weight is 299 g/mol. The van der Waals surface area contributed by atoms with Gasteiger partial charge in [0.15, 0.2) is 0 Å². The lowest BCUT2D eigenvalue weighted by molar-refractivity contribution is -0.142. The Morgan fingerprint density at radius 3 is 2.60 bits per heavy atom. The minimum atomic E-state index is -0.236. The van der Waals surface area contributed by atoms with Gasteiger partial charge in [0.05, 0.1) is 23.7 Å². The third-order valence-corrected chi connectivity index (χ3v) is 2.82. The Morgan fingerprint density at radius 1 is 1.20 bits per heavy atom. The summed E-state index contributed by atoms with van der Waals surface area (Å²) in [5, 5.41) is 6.25. The maximum absolute atomic E-state index is 11.7. The Kier molecular flexibility index (Phi) is 7.69. The predicted molar refractivity (Wildman–Crippen MR) is 78.8 cm³/mol. The number of para-hydroxylation sites is 1. The molecule has 1 amide bonds. The fourth-order valence-corrected chi connectivity index (χ4v) is 1.71. The normalized spacial score (nSPS) is 10.1. The van der Waals surface area contributed by atoms with E-state index >= 15 is 0 Å². The predicted octanol–water partition coefficient (Wildman–Crippen LogP) is 2.21. The van der Waals surface area contributed by atoms with Crippen molar-refractivity contribution in [1.29, 1.82) is 0 Å². The summed E-state index contributed by atoms with van der Waals surface area (Å²) in [7, 11) is 0. The lowest BCUT2D eigenvalue weighted by Crippen LogP contribution is -2.24. The molecular formula is C14H19ClN2O3. The molecule has 1 rings (SSSR count). The van der Waals surface area contributed by atoms with Crippen molar-refractivity contribution in [2.24, 2.45) is 0 Å². The second kappa shape index (κ2) is 9.34. The van der Waals surface area contributed by atoms with E-state index < -0.39 is 0 Å². The molecule has 0 aliphatic heterocycles. The van der Waals surface area contributed by atoms with Crippen LogP contribution in [0.1, 0.15) is 19.8 Å². The number of ether oxygens (including phenoxy) is 1. The van der Waals surface area contributed by atoms with E-state index in [0.29, 0.717) is 43.2 Å². The van der Waals surface area contributed by atoms with Gasteiger partial charge in [0.25, 0.3) is 0 Å². The molecule has 0 unspecified atom stereocenters. The minimum absolute atomic E-state index is 0.123. The standard InChI is InChI=1S/C14H19ClN2O3/c1-2-20-14(19)8-10-16-9-7-13(18)17-12-6-4-3-5-11(12)15/h3-6,16H,2,7-10H2,1H3,(H,17,18). The molecule has 0 fully saturated rings. The SMILES string of the molecule is CCOC(=O)CCNCCC(=O)Nc1ccccc1Cl. The van der Waals surface area contributed by atoms with Crippen LogP contribution in [0.5, 0.6) is 0 Å². The van der Waals surface area contributed by atoms with Gasteiger partial charge in [-0.3, -0.25) is 9.59 Å². The summed E-state index contributed by atoms with van der Waals surface area (Å²) in [6.45, 7) is 3.15. The van der Waals surface area contributed by atoms with Gasteiger partial charge in [-0.2, -0.15) is 0 Å². The van der Waals surface area contributed by atoms with Crippen LogP contribution < -0.4 is 10.6 Å². The molecular weight excluding hydrogens is 280 g/mol. The van der Waals surface area contributed by atoms with Crippen LogP contribution in [0.3, 0.4) is 0 Å². The van der Waals surface area contributed by atoms with Gasteiger partial charge in [0.1, 0.15) is 0 Å². The van der Waals surface area contributed by atoms with Crippen LogP contribution in [0.15, 0.2) is 24.3 Å². The van der Waals surface area contributed by atoms with Crippen LogP contribution in [-0.4, -0.2) is 31.6 Å². The molecule has 0 aromatic heterocycles. The maximum atomic E-state index is 11.7. The van der Waals surface area contributed by atoms with E-state index in [0.717, 1.165) is 0 Å². The Morgan fingerprint density at radius 2 is 1.90 bits per heavy atom. The molecule has 0 heterocycles. The average Bonchev–Trinajstić information content (AvgIpc) is 2.41. The van der Waals surface area contributed by atoms with Crippen molar-refractivity contribution >= 4 is 29.2 Å². The number of anilines is 1. The number of carbonyl (C=O) groups is 2. The van der Waals surface area contributed by atoms with Crippen molar-refractivity contribution < 1.29 is 14.3 Å². The molecule has 6 heteroatoms. The van der Waals surface area contributed by atoms with Crippen molar-refractivity contribution in [1.82, 2.24) is 5.32 Å². The van der Waals surface area contributed by atoms with Crippen molar-refractivity contribution in [3.63, 3.8) is 0 Å². The zero-order chi connectivity index (χ0) is 14.8. The largest absolute Gasteiger partial charge is 0.466 e. The van der Waals surface area contributed by atoms with Crippen molar-refractivity contribution in [3.05, 3.63) is 29.3 Å². The van der Waals surface area contributed by atoms with Crippen LogP contribution in [0.4, 0.5) is 5.69 Å². The van der Waals surface area contributed by atoms with Gasteiger partial charge in [0, 0.05) is 19.5 Å². The van der Waals surface area contributed by atoms with E-state index in [1.54, 1.807) is 31.2 Å². The Labute approximate surface area is 123 Å². The van der Waals surface area contributed by atoms with E-state index in [1.807, 2.05) is 0 Å². The van der Waals surface area contributed by atoms with Gasteiger partial charge in [-0.15, -0.1) is 0 Å². The Hall–Kier alpha value is -1.59. The number of halogens is 1. The number of amides is 1. The first-order valence-corrected chi connectivity index (χ1v) is 6.92. The molecule has 1 aromatic rings. The van der Waals surface area contributed by atoms with E-state index in [2.05, 4.69) is 10.6 Å². The molecule has 0 saturated heterocycles. The second-order valence-corrected chi connectivity index (χ2v) is 4.49. The lowest BCUT2D eigenvalue weighted by atomic mass is 10.3. The number of hydrogen-bond donors (Lipinski definition) is 2. The highest BCUT2D eigenvalue weighted by Crippen LogP contribution is 2.20. The summed E-state index contributed by atoms with van der Waals surface area (Å²) < 4.78 is 4.79. The molecule has 0 radical (unpaired) electrons. The summed E-state index contributed by atoms with van der Waals surface area (Å²) >= 11 is 5.93. The second-order valence-electron chi connectivity index (χ2n) is 4.08. The number of nitrogens with one attached hydrogen (secondary N) is 2. The highest BCUT2D eigenvalue weighted by Gasteiger charge is 2.05. The van der Waals surface area contributed by atoms with Gasteiger partial charge >= 0.3 is 5.97 Å². The highest BCUT2D eigenvalue weighted by molar-refractivity contribution is 6.33. The summed E-state index contributed by atoms with van der Waals surface area (Å²) in [5.41, 5.74) is 0.602. The summed E-state index contributed by atoms with van der Waals surface area (Å²) in [6, 6.07) is 7.07. The first-order valence-electron chi connectivity index (χ1n) is 6.54. The van der Waals surface area contributed by atoms with Crippen LogP contribution in [0, 0.1) is 0 Å². The van der Waals surface area contributed by atoms with E-state index in [-0.39, 0.29) is 11.9 Å². The first-order chi connectivity index (χ1) is 9.63.